The van der Waals surface area contributed by atoms with Crippen molar-refractivity contribution in [3.63, 3.8) is 0 Å². The lowest BCUT2D eigenvalue weighted by Gasteiger charge is -2.15. The Balaban J connectivity index is 1.49. The van der Waals surface area contributed by atoms with E-state index < -0.39 is 0 Å². The van der Waals surface area contributed by atoms with Gasteiger partial charge in [-0.2, -0.15) is 5.10 Å². The molecule has 2 aromatic heterocycles. The van der Waals surface area contributed by atoms with E-state index >= 15 is 0 Å². The summed E-state index contributed by atoms with van der Waals surface area (Å²) in [7, 11) is 0. The summed E-state index contributed by atoms with van der Waals surface area (Å²) in [5, 5.41) is 4.65. The first-order chi connectivity index (χ1) is 12.2. The van der Waals surface area contributed by atoms with Crippen molar-refractivity contribution in [1.29, 1.82) is 0 Å². The number of rotatable bonds is 4. The van der Waals surface area contributed by atoms with E-state index in [1.165, 1.54) is 11.1 Å². The molecule has 2 atom stereocenters. The standard InChI is InChI=1S/C20H23N5/c1-15-17(12-25(23-15)18-7-9-22-10-8-18)11-24-13-19(20(21)14-24)16-5-3-2-4-6-16/h2-10,12,19-20H,11,13-14,21H2,1H3/t19-,20+/m0/s1. The number of likely N-dealkylation sites (tertiary alicyclic amines) is 1. The number of aryl methyl sites for hydroxylation is 1. The summed E-state index contributed by atoms with van der Waals surface area (Å²) < 4.78 is 1.93. The largest absolute Gasteiger partial charge is 0.326 e. The molecule has 5 nitrogen and oxygen atoms in total. The van der Waals surface area contributed by atoms with Crippen LogP contribution in [0.25, 0.3) is 5.69 Å². The number of pyridine rings is 1. The van der Waals surface area contributed by atoms with Crippen molar-refractivity contribution in [2.24, 2.45) is 5.73 Å². The summed E-state index contributed by atoms with van der Waals surface area (Å²) in [5.41, 5.74) is 11.1. The molecule has 5 heteroatoms. The Hall–Kier alpha value is -2.50. The Morgan fingerprint density at radius 3 is 2.60 bits per heavy atom. The van der Waals surface area contributed by atoms with Crippen molar-refractivity contribution >= 4 is 0 Å². The number of nitrogens with two attached hydrogens (primary N) is 1. The third-order valence-corrected chi connectivity index (χ3v) is 4.99. The quantitative estimate of drug-likeness (QED) is 0.797. The highest BCUT2D eigenvalue weighted by Gasteiger charge is 2.31. The van der Waals surface area contributed by atoms with E-state index in [-0.39, 0.29) is 6.04 Å². The van der Waals surface area contributed by atoms with Crippen molar-refractivity contribution in [3.05, 3.63) is 77.9 Å². The summed E-state index contributed by atoms with van der Waals surface area (Å²) in [4.78, 5) is 6.50. The highest BCUT2D eigenvalue weighted by molar-refractivity contribution is 5.31. The fourth-order valence-corrected chi connectivity index (χ4v) is 3.62. The van der Waals surface area contributed by atoms with Gasteiger partial charge in [0.15, 0.2) is 0 Å². The maximum atomic E-state index is 6.42. The molecule has 0 radical (unpaired) electrons. The van der Waals surface area contributed by atoms with Crippen molar-refractivity contribution in [1.82, 2.24) is 19.7 Å². The van der Waals surface area contributed by atoms with Gasteiger partial charge in [-0.3, -0.25) is 9.88 Å². The van der Waals surface area contributed by atoms with Crippen molar-refractivity contribution in [2.75, 3.05) is 13.1 Å². The van der Waals surface area contributed by atoms with Gasteiger partial charge in [-0.15, -0.1) is 0 Å². The molecule has 1 fully saturated rings. The van der Waals surface area contributed by atoms with Crippen molar-refractivity contribution in [3.8, 4) is 5.69 Å². The number of benzene rings is 1. The summed E-state index contributed by atoms with van der Waals surface area (Å²) in [5.74, 6) is 0.400. The molecule has 0 aliphatic carbocycles. The molecule has 3 heterocycles. The number of hydrogen-bond donors (Lipinski definition) is 1. The predicted molar refractivity (Wildman–Crippen MR) is 98.5 cm³/mol. The summed E-state index contributed by atoms with van der Waals surface area (Å²) in [6.07, 6.45) is 5.69. The Kier molecular flexibility index (Phi) is 4.34. The number of hydrogen-bond acceptors (Lipinski definition) is 4. The third-order valence-electron chi connectivity index (χ3n) is 4.99. The SMILES string of the molecule is Cc1nn(-c2ccncc2)cc1CN1C[C@@H](N)[C@H](c2ccccc2)C1. The average Bonchev–Trinajstić information content (AvgIpc) is 3.19. The van der Waals surface area contributed by atoms with Gasteiger partial charge in [-0.05, 0) is 24.6 Å². The van der Waals surface area contributed by atoms with Crippen LogP contribution in [-0.4, -0.2) is 38.8 Å². The molecule has 0 spiro atoms. The average molecular weight is 333 g/mol. The van der Waals surface area contributed by atoms with Gasteiger partial charge in [0, 0.05) is 55.7 Å². The van der Waals surface area contributed by atoms with Gasteiger partial charge in [-0.25, -0.2) is 4.68 Å². The lowest BCUT2D eigenvalue weighted by atomic mass is 9.95. The number of aromatic nitrogens is 3. The van der Waals surface area contributed by atoms with Gasteiger partial charge in [-0.1, -0.05) is 30.3 Å². The van der Waals surface area contributed by atoms with E-state index in [4.69, 9.17) is 5.73 Å². The van der Waals surface area contributed by atoms with Gasteiger partial charge >= 0.3 is 0 Å². The van der Waals surface area contributed by atoms with Gasteiger partial charge in [0.1, 0.15) is 0 Å². The molecule has 3 aromatic rings. The first-order valence-electron chi connectivity index (χ1n) is 8.69. The van der Waals surface area contributed by atoms with Crippen LogP contribution in [0.5, 0.6) is 0 Å². The second-order valence-corrected chi connectivity index (χ2v) is 6.76. The van der Waals surface area contributed by atoms with Crippen LogP contribution in [0.2, 0.25) is 0 Å². The molecule has 4 rings (SSSR count). The van der Waals surface area contributed by atoms with E-state index in [1.54, 1.807) is 12.4 Å². The zero-order chi connectivity index (χ0) is 17.2. The molecule has 1 saturated heterocycles. The van der Waals surface area contributed by atoms with Gasteiger partial charge < -0.3 is 5.73 Å². The molecular formula is C20H23N5. The lowest BCUT2D eigenvalue weighted by Crippen LogP contribution is -2.28. The van der Waals surface area contributed by atoms with Crippen LogP contribution in [0.15, 0.2) is 61.1 Å². The molecule has 0 bridgehead atoms. The molecule has 2 N–H and O–H groups in total. The fourth-order valence-electron chi connectivity index (χ4n) is 3.62. The molecule has 1 aliphatic rings. The van der Waals surface area contributed by atoms with Crippen LogP contribution in [-0.2, 0) is 6.54 Å². The lowest BCUT2D eigenvalue weighted by molar-refractivity contribution is 0.323. The van der Waals surface area contributed by atoms with Crippen LogP contribution < -0.4 is 5.73 Å². The Morgan fingerprint density at radius 2 is 1.84 bits per heavy atom. The molecular weight excluding hydrogens is 310 g/mol. The van der Waals surface area contributed by atoms with E-state index in [2.05, 4.69) is 58.4 Å². The highest BCUT2D eigenvalue weighted by Crippen LogP contribution is 2.27. The predicted octanol–water partition coefficient (Wildman–Crippen LogP) is 2.50. The summed E-state index contributed by atoms with van der Waals surface area (Å²) in [6.45, 7) is 4.86. The first kappa shape index (κ1) is 16.0. The summed E-state index contributed by atoms with van der Waals surface area (Å²) >= 11 is 0. The topological polar surface area (TPSA) is 60.0 Å². The van der Waals surface area contributed by atoms with Crippen molar-refractivity contribution < 1.29 is 0 Å². The third kappa shape index (κ3) is 3.34. The van der Waals surface area contributed by atoms with E-state index in [0.29, 0.717) is 5.92 Å². The van der Waals surface area contributed by atoms with Crippen LogP contribution in [0.3, 0.4) is 0 Å². The molecule has 1 aliphatic heterocycles. The van der Waals surface area contributed by atoms with Gasteiger partial charge in [0.25, 0.3) is 0 Å². The highest BCUT2D eigenvalue weighted by atomic mass is 15.3. The van der Waals surface area contributed by atoms with Crippen LogP contribution in [0.1, 0.15) is 22.7 Å². The Morgan fingerprint density at radius 1 is 1.08 bits per heavy atom. The molecule has 1 aromatic carbocycles. The minimum absolute atomic E-state index is 0.179. The zero-order valence-corrected chi connectivity index (χ0v) is 14.4. The monoisotopic (exact) mass is 333 g/mol. The molecule has 25 heavy (non-hydrogen) atoms. The van der Waals surface area contributed by atoms with Gasteiger partial charge in [0.05, 0.1) is 11.4 Å². The molecule has 0 amide bonds. The fraction of sp³-hybridized carbons (Fsp3) is 0.300. The van der Waals surface area contributed by atoms with E-state index in [9.17, 15) is 0 Å². The normalized spacial score (nSPS) is 20.9. The van der Waals surface area contributed by atoms with Crippen LogP contribution in [0.4, 0.5) is 0 Å². The maximum Gasteiger partial charge on any atom is 0.0676 e. The minimum atomic E-state index is 0.179. The zero-order valence-electron chi connectivity index (χ0n) is 14.4. The molecule has 0 saturated carbocycles. The number of nitrogens with zero attached hydrogens (tertiary/aromatic N) is 4. The second-order valence-electron chi connectivity index (χ2n) is 6.76. The smallest absolute Gasteiger partial charge is 0.0676 e. The Labute approximate surface area is 148 Å². The second kappa shape index (κ2) is 6.78. The molecule has 0 unspecified atom stereocenters. The summed E-state index contributed by atoms with van der Waals surface area (Å²) in [6, 6.07) is 14.7. The minimum Gasteiger partial charge on any atom is -0.326 e. The van der Waals surface area contributed by atoms with E-state index in [1.807, 2.05) is 16.8 Å². The van der Waals surface area contributed by atoms with Crippen molar-refractivity contribution in [2.45, 2.75) is 25.4 Å². The first-order valence-corrected chi connectivity index (χ1v) is 8.69. The Bertz CT molecular complexity index is 828. The van der Waals surface area contributed by atoms with E-state index in [0.717, 1.165) is 31.0 Å². The van der Waals surface area contributed by atoms with Crippen LogP contribution >= 0.6 is 0 Å². The van der Waals surface area contributed by atoms with Crippen LogP contribution in [0, 0.1) is 6.92 Å². The maximum absolute atomic E-state index is 6.42. The van der Waals surface area contributed by atoms with Gasteiger partial charge in [0.2, 0.25) is 0 Å². The molecule has 128 valence electrons.